The summed E-state index contributed by atoms with van der Waals surface area (Å²) in [6, 6.07) is 3.38. The van der Waals surface area contributed by atoms with Crippen LogP contribution in [-0.4, -0.2) is 27.2 Å². The maximum absolute atomic E-state index is 9.64. The molecule has 1 aromatic heterocycles. The number of rotatable bonds is 3. The highest BCUT2D eigenvalue weighted by Gasteiger charge is 2.20. The van der Waals surface area contributed by atoms with Gasteiger partial charge in [0.25, 0.3) is 0 Å². The molecule has 0 aliphatic heterocycles. The van der Waals surface area contributed by atoms with Gasteiger partial charge in [0, 0.05) is 0 Å². The number of hydrogen-bond acceptors (Lipinski definition) is 4. The van der Waals surface area contributed by atoms with Crippen molar-refractivity contribution >= 4 is 17.4 Å². The number of anilines is 1. The SMILES string of the molecule is Cc1ccc(N)nc1C(O)C(O)CCl. The molecule has 4 nitrogen and oxygen atoms in total. The lowest BCUT2D eigenvalue weighted by atomic mass is 10.1. The molecule has 5 heteroatoms. The van der Waals surface area contributed by atoms with Gasteiger partial charge in [0.15, 0.2) is 0 Å². The Morgan fingerprint density at radius 1 is 1.50 bits per heavy atom. The van der Waals surface area contributed by atoms with Gasteiger partial charge in [-0.3, -0.25) is 0 Å². The second-order valence-corrected chi connectivity index (χ2v) is 3.41. The number of nitrogen functional groups attached to an aromatic ring is 1. The van der Waals surface area contributed by atoms with Crippen LogP contribution in [0.1, 0.15) is 17.4 Å². The van der Waals surface area contributed by atoms with Crippen molar-refractivity contribution < 1.29 is 10.2 Å². The first-order valence-corrected chi connectivity index (χ1v) is 4.75. The average Bonchev–Trinajstić information content (AvgIpc) is 2.19. The third kappa shape index (κ3) is 2.35. The number of aliphatic hydroxyl groups excluding tert-OH is 2. The summed E-state index contributed by atoms with van der Waals surface area (Å²) in [6.45, 7) is 1.78. The lowest BCUT2D eigenvalue weighted by Gasteiger charge is -2.16. The van der Waals surface area contributed by atoms with Crippen molar-refractivity contribution in [3.05, 3.63) is 23.4 Å². The van der Waals surface area contributed by atoms with Crippen molar-refractivity contribution in [2.75, 3.05) is 11.6 Å². The zero-order valence-corrected chi connectivity index (χ0v) is 8.57. The van der Waals surface area contributed by atoms with Crippen LogP contribution in [-0.2, 0) is 0 Å². The van der Waals surface area contributed by atoms with Crippen LogP contribution in [0.5, 0.6) is 0 Å². The van der Waals surface area contributed by atoms with E-state index in [1.54, 1.807) is 19.1 Å². The van der Waals surface area contributed by atoms with E-state index in [1.165, 1.54) is 0 Å². The number of aromatic nitrogens is 1. The van der Waals surface area contributed by atoms with Crippen molar-refractivity contribution in [3.63, 3.8) is 0 Å². The van der Waals surface area contributed by atoms with Gasteiger partial charge < -0.3 is 15.9 Å². The lowest BCUT2D eigenvalue weighted by molar-refractivity contribution is 0.0297. The van der Waals surface area contributed by atoms with Crippen LogP contribution in [0.25, 0.3) is 0 Å². The second kappa shape index (κ2) is 4.59. The predicted molar refractivity (Wildman–Crippen MR) is 55.1 cm³/mol. The van der Waals surface area contributed by atoms with E-state index >= 15 is 0 Å². The van der Waals surface area contributed by atoms with E-state index in [0.29, 0.717) is 11.5 Å². The van der Waals surface area contributed by atoms with Gasteiger partial charge in [-0.1, -0.05) is 6.07 Å². The molecule has 1 aromatic rings. The van der Waals surface area contributed by atoms with E-state index in [2.05, 4.69) is 4.98 Å². The Morgan fingerprint density at radius 2 is 2.14 bits per heavy atom. The minimum atomic E-state index is -1.09. The highest BCUT2D eigenvalue weighted by Crippen LogP contribution is 2.20. The van der Waals surface area contributed by atoms with Gasteiger partial charge in [0.05, 0.1) is 17.7 Å². The molecule has 14 heavy (non-hydrogen) atoms. The molecule has 78 valence electrons. The van der Waals surface area contributed by atoms with Gasteiger partial charge in [-0.15, -0.1) is 11.6 Å². The molecule has 4 N–H and O–H groups in total. The number of nitrogens with two attached hydrogens (primary N) is 1. The fraction of sp³-hybridized carbons (Fsp3) is 0.444. The zero-order valence-electron chi connectivity index (χ0n) is 7.81. The highest BCUT2D eigenvalue weighted by molar-refractivity contribution is 6.18. The number of aliphatic hydroxyl groups is 2. The summed E-state index contributed by atoms with van der Waals surface area (Å²) in [5.74, 6) is 0.267. The van der Waals surface area contributed by atoms with E-state index in [1.807, 2.05) is 0 Å². The Balaban J connectivity index is 2.99. The first kappa shape index (κ1) is 11.2. The predicted octanol–water partition coefficient (Wildman–Crippen LogP) is 0.605. The molecule has 0 saturated carbocycles. The summed E-state index contributed by atoms with van der Waals surface area (Å²) in [6.07, 6.45) is -2.11. The number of aryl methyl sites for hydroxylation is 1. The van der Waals surface area contributed by atoms with Gasteiger partial charge in [-0.2, -0.15) is 0 Å². The fourth-order valence-electron chi connectivity index (χ4n) is 1.13. The number of hydrogen-bond donors (Lipinski definition) is 3. The third-order valence-corrected chi connectivity index (χ3v) is 2.28. The Labute approximate surface area is 87.3 Å². The summed E-state index contributed by atoms with van der Waals surface area (Å²) in [4.78, 5) is 3.95. The van der Waals surface area contributed by atoms with E-state index in [9.17, 15) is 10.2 Å². The molecule has 0 aliphatic carbocycles. The first-order valence-electron chi connectivity index (χ1n) is 4.21. The highest BCUT2D eigenvalue weighted by atomic mass is 35.5. The molecule has 0 radical (unpaired) electrons. The summed E-state index contributed by atoms with van der Waals surface area (Å²) in [5.41, 5.74) is 6.62. The van der Waals surface area contributed by atoms with Crippen molar-refractivity contribution in [2.45, 2.75) is 19.1 Å². The number of pyridine rings is 1. The molecule has 0 bridgehead atoms. The molecule has 0 fully saturated rings. The Kier molecular flexibility index (Phi) is 3.69. The van der Waals surface area contributed by atoms with Crippen LogP contribution in [0.4, 0.5) is 5.82 Å². The zero-order chi connectivity index (χ0) is 10.7. The van der Waals surface area contributed by atoms with Crippen LogP contribution in [0, 0.1) is 6.92 Å². The van der Waals surface area contributed by atoms with Crippen molar-refractivity contribution in [3.8, 4) is 0 Å². The molecule has 0 amide bonds. The van der Waals surface area contributed by atoms with Gasteiger partial charge >= 0.3 is 0 Å². The summed E-state index contributed by atoms with van der Waals surface area (Å²) in [7, 11) is 0. The summed E-state index contributed by atoms with van der Waals surface area (Å²) >= 11 is 5.42. The van der Waals surface area contributed by atoms with E-state index in [-0.39, 0.29) is 5.88 Å². The fourth-order valence-corrected chi connectivity index (χ4v) is 1.30. The largest absolute Gasteiger partial charge is 0.389 e. The first-order chi connectivity index (χ1) is 6.56. The van der Waals surface area contributed by atoms with Crippen LogP contribution < -0.4 is 5.73 Å². The Morgan fingerprint density at radius 3 is 2.71 bits per heavy atom. The summed E-state index contributed by atoms with van der Waals surface area (Å²) < 4.78 is 0. The van der Waals surface area contributed by atoms with Crippen LogP contribution >= 0.6 is 11.6 Å². The number of nitrogens with zero attached hydrogens (tertiary/aromatic N) is 1. The molecular formula is C9H13ClN2O2. The topological polar surface area (TPSA) is 79.4 Å². The van der Waals surface area contributed by atoms with E-state index < -0.39 is 12.2 Å². The quantitative estimate of drug-likeness (QED) is 0.647. The lowest BCUT2D eigenvalue weighted by Crippen LogP contribution is -2.21. The Hall–Kier alpha value is -0.840. The molecule has 0 aliphatic rings. The molecule has 1 rings (SSSR count). The van der Waals surface area contributed by atoms with Crippen LogP contribution in [0.2, 0.25) is 0 Å². The second-order valence-electron chi connectivity index (χ2n) is 3.10. The third-order valence-electron chi connectivity index (χ3n) is 1.96. The standard InChI is InChI=1S/C9H13ClN2O2/c1-5-2-3-7(11)12-8(5)9(14)6(13)4-10/h2-3,6,9,13-14H,4H2,1H3,(H2,11,12). The van der Waals surface area contributed by atoms with Gasteiger partial charge in [-0.25, -0.2) is 4.98 Å². The van der Waals surface area contributed by atoms with Gasteiger partial charge in [-0.05, 0) is 18.6 Å². The van der Waals surface area contributed by atoms with E-state index in [4.69, 9.17) is 17.3 Å². The molecule has 0 spiro atoms. The van der Waals surface area contributed by atoms with Crippen molar-refractivity contribution in [1.82, 2.24) is 4.98 Å². The Bertz CT molecular complexity index is 320. The van der Waals surface area contributed by atoms with Crippen molar-refractivity contribution in [2.24, 2.45) is 0 Å². The van der Waals surface area contributed by atoms with Gasteiger partial charge in [0.1, 0.15) is 11.9 Å². The summed E-state index contributed by atoms with van der Waals surface area (Å²) in [5, 5.41) is 19.0. The molecule has 1 heterocycles. The van der Waals surface area contributed by atoms with Crippen molar-refractivity contribution in [1.29, 1.82) is 0 Å². The molecule has 0 aromatic carbocycles. The smallest absolute Gasteiger partial charge is 0.123 e. The molecular weight excluding hydrogens is 204 g/mol. The van der Waals surface area contributed by atoms with Gasteiger partial charge in [0.2, 0.25) is 0 Å². The minimum absolute atomic E-state index is 0.0446. The normalized spacial score (nSPS) is 15.1. The average molecular weight is 217 g/mol. The monoisotopic (exact) mass is 216 g/mol. The molecule has 2 unspecified atom stereocenters. The number of alkyl halides is 1. The molecule has 2 atom stereocenters. The van der Waals surface area contributed by atoms with Crippen LogP contribution in [0.3, 0.4) is 0 Å². The van der Waals surface area contributed by atoms with Crippen LogP contribution in [0.15, 0.2) is 12.1 Å². The minimum Gasteiger partial charge on any atom is -0.389 e. The number of halogens is 1. The molecule has 0 saturated heterocycles. The maximum Gasteiger partial charge on any atom is 0.123 e. The van der Waals surface area contributed by atoms with E-state index in [0.717, 1.165) is 5.56 Å². The maximum atomic E-state index is 9.64.